The summed E-state index contributed by atoms with van der Waals surface area (Å²) in [6.07, 6.45) is 2.71. The van der Waals surface area contributed by atoms with Crippen molar-refractivity contribution in [2.45, 2.75) is 26.3 Å². The van der Waals surface area contributed by atoms with Gasteiger partial charge in [0, 0.05) is 6.04 Å². The van der Waals surface area contributed by atoms with E-state index in [0.29, 0.717) is 6.04 Å². The maximum atomic E-state index is 4.06. The van der Waals surface area contributed by atoms with Crippen molar-refractivity contribution < 1.29 is 19.8 Å². The first-order chi connectivity index (χ1) is 3.31. The van der Waals surface area contributed by atoms with E-state index >= 15 is 0 Å². The van der Waals surface area contributed by atoms with Gasteiger partial charge in [0.2, 0.25) is 0 Å². The smallest absolute Gasteiger partial charge is 0.341 e. The molecule has 49 valence electrons. The molecular weight excluding hydrogens is 276 g/mol. The van der Waals surface area contributed by atoms with Gasteiger partial charge in [0.05, 0.1) is 0 Å². The number of rotatable bonds is 2. The van der Waals surface area contributed by atoms with Crippen molar-refractivity contribution in [2.75, 3.05) is 0 Å². The summed E-state index contributed by atoms with van der Waals surface area (Å²) in [5, 5.41) is 0. The van der Waals surface area contributed by atoms with Crippen molar-refractivity contribution in [1.82, 2.24) is 0 Å². The number of nitrogens with zero attached hydrogens (tertiary/aromatic N) is 1. The van der Waals surface area contributed by atoms with E-state index in [1.54, 1.807) is 0 Å². The first-order valence-corrected chi connectivity index (χ1v) is 2.58. The SMILES string of the molecule is [CH2-]CC(C)N=CC.[Os+]. The Hall–Kier alpha value is 0.306. The van der Waals surface area contributed by atoms with E-state index < -0.39 is 0 Å². The average Bonchev–Trinajstić information content (AvgIpc) is 1.68. The minimum atomic E-state index is 0. The van der Waals surface area contributed by atoms with Gasteiger partial charge in [-0.15, -0.1) is 0 Å². The van der Waals surface area contributed by atoms with Crippen LogP contribution >= 0.6 is 0 Å². The third-order valence-corrected chi connectivity index (χ3v) is 0.821. The molecule has 2 heteroatoms. The molecule has 1 atom stereocenters. The maximum absolute atomic E-state index is 4.06. The monoisotopic (exact) mass is 290 g/mol. The largest absolute Gasteiger partial charge is 1.00 e. The molecule has 0 aromatic carbocycles. The van der Waals surface area contributed by atoms with Crippen LogP contribution in [0.3, 0.4) is 0 Å². The second-order valence-electron chi connectivity index (χ2n) is 1.54. The molecule has 0 aromatic heterocycles. The van der Waals surface area contributed by atoms with E-state index in [1.807, 2.05) is 20.1 Å². The Bertz CT molecular complexity index is 61.5. The molecular formula is C6H12NOs. The molecule has 0 heterocycles. The average molecular weight is 288 g/mol. The third-order valence-electron chi connectivity index (χ3n) is 0.821. The van der Waals surface area contributed by atoms with Crippen LogP contribution in [-0.4, -0.2) is 12.3 Å². The summed E-state index contributed by atoms with van der Waals surface area (Å²) in [6, 6.07) is 0.407. The van der Waals surface area contributed by atoms with Gasteiger partial charge < -0.3 is 6.92 Å². The van der Waals surface area contributed by atoms with Gasteiger partial charge in [-0.3, -0.25) is 4.99 Å². The zero-order valence-electron chi connectivity index (χ0n) is 5.37. The Labute approximate surface area is 64.6 Å². The van der Waals surface area contributed by atoms with E-state index in [-0.39, 0.29) is 19.8 Å². The first-order valence-electron chi connectivity index (χ1n) is 2.58. The molecule has 0 amide bonds. The fourth-order valence-corrected chi connectivity index (χ4v) is 0.329. The molecule has 0 aliphatic heterocycles. The predicted octanol–water partition coefficient (Wildman–Crippen LogP) is 1.69. The second-order valence-corrected chi connectivity index (χ2v) is 1.54. The van der Waals surface area contributed by atoms with Crippen LogP contribution < -0.4 is 0 Å². The normalized spacial score (nSPS) is 13.4. The number of hydrogen-bond donors (Lipinski definition) is 0. The summed E-state index contributed by atoms with van der Waals surface area (Å²) in [4.78, 5) is 4.06. The fourth-order valence-electron chi connectivity index (χ4n) is 0.329. The van der Waals surface area contributed by atoms with Crippen LogP contribution in [0.1, 0.15) is 20.3 Å². The molecule has 1 radical (unpaired) electrons. The quantitative estimate of drug-likeness (QED) is 0.542. The summed E-state index contributed by atoms with van der Waals surface area (Å²) in [6.45, 7) is 7.66. The number of hydrogen-bond acceptors (Lipinski definition) is 1. The molecule has 0 rings (SSSR count). The molecule has 0 saturated carbocycles. The van der Waals surface area contributed by atoms with Crippen molar-refractivity contribution in [2.24, 2.45) is 4.99 Å². The Morgan fingerprint density at radius 2 is 2.25 bits per heavy atom. The van der Waals surface area contributed by atoms with Gasteiger partial charge in [-0.05, 0) is 20.1 Å². The molecule has 1 nitrogen and oxygen atoms in total. The summed E-state index contributed by atoms with van der Waals surface area (Å²) in [7, 11) is 0. The standard InChI is InChI=1S/C6H12N.Os/c1-4-6(3)7-5-2;/h5-6H,1,4H2,2-3H3;/q-1;+1. The number of aliphatic imine (C=N–C) groups is 1. The molecule has 0 spiro atoms. The molecule has 0 fully saturated rings. The Morgan fingerprint density at radius 1 is 1.75 bits per heavy atom. The third kappa shape index (κ3) is 6.31. The van der Waals surface area contributed by atoms with Crippen LogP contribution in [0, 0.1) is 6.92 Å². The van der Waals surface area contributed by atoms with Crippen LogP contribution in [0.2, 0.25) is 0 Å². The van der Waals surface area contributed by atoms with Crippen LogP contribution in [0.4, 0.5) is 0 Å². The van der Waals surface area contributed by atoms with Crippen molar-refractivity contribution in [3.63, 3.8) is 0 Å². The summed E-state index contributed by atoms with van der Waals surface area (Å²) in [5.74, 6) is 0. The minimum Gasteiger partial charge on any atom is -0.341 e. The summed E-state index contributed by atoms with van der Waals surface area (Å²) in [5.41, 5.74) is 0. The van der Waals surface area contributed by atoms with E-state index in [2.05, 4.69) is 11.9 Å². The Morgan fingerprint density at radius 3 is 2.38 bits per heavy atom. The molecule has 0 aliphatic rings. The van der Waals surface area contributed by atoms with Gasteiger partial charge in [0.1, 0.15) is 0 Å². The zero-order valence-corrected chi connectivity index (χ0v) is 7.91. The van der Waals surface area contributed by atoms with Crippen LogP contribution in [0.25, 0.3) is 0 Å². The maximum Gasteiger partial charge on any atom is 1.00 e. The van der Waals surface area contributed by atoms with Crippen molar-refractivity contribution in [3.8, 4) is 0 Å². The predicted molar refractivity (Wildman–Crippen MR) is 33.6 cm³/mol. The Balaban J connectivity index is 0. The van der Waals surface area contributed by atoms with E-state index in [1.165, 1.54) is 0 Å². The second kappa shape index (κ2) is 7.31. The van der Waals surface area contributed by atoms with Gasteiger partial charge >= 0.3 is 19.8 Å². The van der Waals surface area contributed by atoms with Gasteiger partial charge in [-0.1, -0.05) is 0 Å². The van der Waals surface area contributed by atoms with E-state index in [4.69, 9.17) is 0 Å². The van der Waals surface area contributed by atoms with Gasteiger partial charge in [0.25, 0.3) is 0 Å². The molecule has 0 N–H and O–H groups in total. The van der Waals surface area contributed by atoms with Crippen LogP contribution in [0.5, 0.6) is 0 Å². The van der Waals surface area contributed by atoms with Crippen molar-refractivity contribution >= 4 is 6.21 Å². The topological polar surface area (TPSA) is 12.4 Å². The van der Waals surface area contributed by atoms with Gasteiger partial charge in [-0.25, -0.2) is 0 Å². The van der Waals surface area contributed by atoms with Crippen LogP contribution in [0.15, 0.2) is 4.99 Å². The van der Waals surface area contributed by atoms with Crippen molar-refractivity contribution in [1.29, 1.82) is 0 Å². The molecule has 0 bridgehead atoms. The summed E-state index contributed by atoms with van der Waals surface area (Å²) < 4.78 is 0. The Kier molecular flexibility index (Phi) is 10.2. The zero-order chi connectivity index (χ0) is 5.70. The summed E-state index contributed by atoms with van der Waals surface area (Å²) >= 11 is 0. The molecule has 0 aromatic rings. The molecule has 0 saturated heterocycles. The molecule has 8 heavy (non-hydrogen) atoms. The van der Waals surface area contributed by atoms with Crippen LogP contribution in [-0.2, 0) is 19.8 Å². The molecule has 0 aliphatic carbocycles. The van der Waals surface area contributed by atoms with E-state index in [9.17, 15) is 0 Å². The minimum absolute atomic E-state index is 0. The molecule has 1 unspecified atom stereocenters. The first kappa shape index (κ1) is 11.1. The fraction of sp³-hybridized carbons (Fsp3) is 0.667. The van der Waals surface area contributed by atoms with Gasteiger partial charge in [0.15, 0.2) is 0 Å². The van der Waals surface area contributed by atoms with Gasteiger partial charge in [-0.2, -0.15) is 6.42 Å². The van der Waals surface area contributed by atoms with E-state index in [0.717, 1.165) is 6.42 Å². The van der Waals surface area contributed by atoms with Crippen molar-refractivity contribution in [3.05, 3.63) is 6.92 Å².